The van der Waals surface area contributed by atoms with Gasteiger partial charge in [-0.15, -0.1) is 0 Å². The molecule has 1 aliphatic heterocycles. The Balaban J connectivity index is 1.69. The molecule has 0 aromatic carbocycles. The number of halogens is 3. The van der Waals surface area contributed by atoms with Crippen LogP contribution in [-0.2, 0) is 16.1 Å². The Morgan fingerprint density at radius 1 is 1.29 bits per heavy atom. The molecule has 3 aromatic rings. The summed E-state index contributed by atoms with van der Waals surface area (Å²) in [5.41, 5.74) is 8.09. The highest BCUT2D eigenvalue weighted by Gasteiger charge is 2.30. The van der Waals surface area contributed by atoms with Gasteiger partial charge in [0.2, 0.25) is 11.9 Å². The number of carbonyl (C=O) groups is 1. The number of nitrogens with zero attached hydrogens (tertiary/aromatic N) is 6. The first-order chi connectivity index (χ1) is 16.1. The van der Waals surface area contributed by atoms with E-state index in [0.717, 1.165) is 5.56 Å². The number of aryl methyl sites for hydroxylation is 2. The van der Waals surface area contributed by atoms with Gasteiger partial charge in [-0.1, -0.05) is 6.07 Å². The first-order valence-corrected chi connectivity index (χ1v) is 10.7. The van der Waals surface area contributed by atoms with E-state index in [4.69, 9.17) is 10.5 Å². The molecule has 1 aliphatic rings. The number of ether oxygens (including phenoxy) is 1. The number of fused-ring (bicyclic) bond motifs is 1. The summed E-state index contributed by atoms with van der Waals surface area (Å²) >= 11 is 0. The topological polar surface area (TPSA) is 124 Å². The van der Waals surface area contributed by atoms with Gasteiger partial charge < -0.3 is 20.7 Å². The molecule has 3 N–H and O–H groups in total. The Labute approximate surface area is 193 Å². The number of hydrogen-bond acceptors (Lipinski definition) is 8. The van der Waals surface area contributed by atoms with Gasteiger partial charge in [0, 0.05) is 19.3 Å². The summed E-state index contributed by atoms with van der Waals surface area (Å²) in [5.74, 6) is 0.682. The lowest BCUT2D eigenvalue weighted by atomic mass is 10.1. The number of nitrogens with one attached hydrogen (secondary N) is 1. The fourth-order valence-electron chi connectivity index (χ4n) is 3.78. The van der Waals surface area contributed by atoms with Crippen LogP contribution in [0.5, 0.6) is 0 Å². The molecule has 10 nitrogen and oxygen atoms in total. The van der Waals surface area contributed by atoms with E-state index in [-0.39, 0.29) is 25.0 Å². The van der Waals surface area contributed by atoms with Crippen molar-refractivity contribution in [2.75, 3.05) is 36.5 Å². The molecule has 1 fully saturated rings. The van der Waals surface area contributed by atoms with Crippen LogP contribution in [-0.4, -0.2) is 63.1 Å². The summed E-state index contributed by atoms with van der Waals surface area (Å²) in [7, 11) is 0. The largest absolute Gasteiger partial charge is 0.411 e. The highest BCUT2D eigenvalue weighted by molar-refractivity contribution is 5.90. The molecule has 182 valence electrons. The minimum absolute atomic E-state index is 0.0760. The van der Waals surface area contributed by atoms with E-state index < -0.39 is 12.8 Å². The number of anilines is 3. The minimum Gasteiger partial charge on any atom is -0.370 e. The Bertz CT molecular complexity index is 1180. The van der Waals surface area contributed by atoms with Crippen molar-refractivity contribution in [3.63, 3.8) is 0 Å². The number of alkyl halides is 3. The van der Waals surface area contributed by atoms with Crippen molar-refractivity contribution in [1.29, 1.82) is 0 Å². The van der Waals surface area contributed by atoms with E-state index >= 15 is 0 Å². The van der Waals surface area contributed by atoms with E-state index in [9.17, 15) is 18.0 Å². The first kappa shape index (κ1) is 23.7. The molecule has 4 heterocycles. The second-order valence-electron chi connectivity index (χ2n) is 8.23. The van der Waals surface area contributed by atoms with Gasteiger partial charge in [-0.25, -0.2) is 9.97 Å². The third kappa shape index (κ3) is 5.35. The van der Waals surface area contributed by atoms with Crippen molar-refractivity contribution in [2.45, 2.75) is 33.0 Å². The van der Waals surface area contributed by atoms with Gasteiger partial charge in [0.15, 0.2) is 5.82 Å². The van der Waals surface area contributed by atoms with Gasteiger partial charge in [-0.3, -0.25) is 9.48 Å². The van der Waals surface area contributed by atoms with Crippen molar-refractivity contribution in [1.82, 2.24) is 24.7 Å². The number of nitrogens with two attached hydrogens (primary N) is 1. The predicted molar refractivity (Wildman–Crippen MR) is 119 cm³/mol. The standard InChI is InChI=1S/C21H25F3N8O2/c1-12-3-4-15(26-9-12)27-19-17-16(13(2)30-32(17)7-8-34-11-21(22,23)24)28-20(29-19)31-6-5-14(10-31)18(25)33/h3-4,9,14H,5-8,10-11H2,1-2H3,(H2,25,33)(H,26,27,28,29)/t14-/m1/s1. The molecule has 1 amide bonds. The van der Waals surface area contributed by atoms with Crippen LogP contribution in [0.4, 0.5) is 30.8 Å². The summed E-state index contributed by atoms with van der Waals surface area (Å²) in [6.07, 6.45) is -2.09. The molecule has 0 aliphatic carbocycles. The number of primary amides is 1. The molecule has 13 heteroatoms. The number of hydrogen-bond donors (Lipinski definition) is 2. The van der Waals surface area contributed by atoms with Crippen molar-refractivity contribution in [2.24, 2.45) is 11.7 Å². The monoisotopic (exact) mass is 478 g/mol. The average Bonchev–Trinajstić information content (AvgIpc) is 3.38. The van der Waals surface area contributed by atoms with E-state index in [1.54, 1.807) is 19.2 Å². The second-order valence-corrected chi connectivity index (χ2v) is 8.23. The summed E-state index contributed by atoms with van der Waals surface area (Å²) in [6, 6.07) is 3.68. The molecule has 34 heavy (non-hydrogen) atoms. The van der Waals surface area contributed by atoms with Gasteiger partial charge in [-0.05, 0) is 31.9 Å². The van der Waals surface area contributed by atoms with E-state index in [0.29, 0.717) is 53.8 Å². The fraction of sp³-hybridized carbons (Fsp3) is 0.476. The summed E-state index contributed by atoms with van der Waals surface area (Å²) in [6.45, 7) is 3.20. The van der Waals surface area contributed by atoms with Gasteiger partial charge in [0.05, 0.1) is 24.8 Å². The SMILES string of the molecule is Cc1ccc(Nc2nc(N3CC[C@@H](C(N)=O)C3)nc3c(C)nn(CCOCC(F)(F)F)c23)nc1. The van der Waals surface area contributed by atoms with Crippen LogP contribution in [0, 0.1) is 19.8 Å². The molecular formula is C21H25F3N8O2. The normalized spacial score (nSPS) is 16.4. The summed E-state index contributed by atoms with van der Waals surface area (Å²) in [4.78, 5) is 27.2. The van der Waals surface area contributed by atoms with Crippen molar-refractivity contribution < 1.29 is 22.7 Å². The molecule has 1 saturated heterocycles. The smallest absolute Gasteiger partial charge is 0.370 e. The van der Waals surface area contributed by atoms with Crippen LogP contribution in [0.15, 0.2) is 18.3 Å². The van der Waals surface area contributed by atoms with Crippen LogP contribution in [0.2, 0.25) is 0 Å². The highest BCUT2D eigenvalue weighted by atomic mass is 19.4. The number of rotatable bonds is 8. The maximum absolute atomic E-state index is 12.4. The predicted octanol–water partition coefficient (Wildman–Crippen LogP) is 2.47. The maximum atomic E-state index is 12.4. The number of amides is 1. The first-order valence-electron chi connectivity index (χ1n) is 10.7. The molecular weight excluding hydrogens is 453 g/mol. The van der Waals surface area contributed by atoms with Gasteiger partial charge >= 0.3 is 6.18 Å². The number of aromatic nitrogens is 5. The molecule has 0 saturated carbocycles. The Kier molecular flexibility index (Phi) is 6.55. The highest BCUT2D eigenvalue weighted by Crippen LogP contribution is 2.30. The number of pyridine rings is 1. The lowest BCUT2D eigenvalue weighted by molar-refractivity contribution is -0.174. The maximum Gasteiger partial charge on any atom is 0.411 e. The fourth-order valence-corrected chi connectivity index (χ4v) is 3.78. The Morgan fingerprint density at radius 2 is 2.09 bits per heavy atom. The van der Waals surface area contributed by atoms with E-state index in [1.807, 2.05) is 17.9 Å². The quantitative estimate of drug-likeness (QED) is 0.473. The molecule has 0 radical (unpaired) electrons. The Hall–Kier alpha value is -3.48. The van der Waals surface area contributed by atoms with Crippen molar-refractivity contribution >= 4 is 34.5 Å². The van der Waals surface area contributed by atoms with Gasteiger partial charge in [0.1, 0.15) is 23.5 Å². The molecule has 1 atom stereocenters. The van der Waals surface area contributed by atoms with Crippen LogP contribution in [0.25, 0.3) is 11.0 Å². The zero-order valence-corrected chi connectivity index (χ0v) is 18.8. The summed E-state index contributed by atoms with van der Waals surface area (Å²) in [5, 5.41) is 7.63. The van der Waals surface area contributed by atoms with Gasteiger partial charge in [0.25, 0.3) is 0 Å². The van der Waals surface area contributed by atoms with Crippen LogP contribution >= 0.6 is 0 Å². The molecule has 0 unspecified atom stereocenters. The zero-order chi connectivity index (χ0) is 24.5. The van der Waals surface area contributed by atoms with Crippen LogP contribution < -0.4 is 16.0 Å². The van der Waals surface area contributed by atoms with Gasteiger partial charge in [-0.2, -0.15) is 23.3 Å². The van der Waals surface area contributed by atoms with Crippen LogP contribution in [0.3, 0.4) is 0 Å². The lowest BCUT2D eigenvalue weighted by Crippen LogP contribution is -2.28. The second kappa shape index (κ2) is 9.41. The van der Waals surface area contributed by atoms with Crippen LogP contribution in [0.1, 0.15) is 17.7 Å². The van der Waals surface area contributed by atoms with E-state index in [2.05, 4.69) is 25.4 Å². The average molecular weight is 478 g/mol. The summed E-state index contributed by atoms with van der Waals surface area (Å²) < 4.78 is 43.6. The zero-order valence-electron chi connectivity index (χ0n) is 18.8. The minimum atomic E-state index is -4.40. The Morgan fingerprint density at radius 3 is 2.74 bits per heavy atom. The third-order valence-electron chi connectivity index (χ3n) is 5.49. The van der Waals surface area contributed by atoms with Crippen molar-refractivity contribution in [3.8, 4) is 0 Å². The third-order valence-corrected chi connectivity index (χ3v) is 5.49. The van der Waals surface area contributed by atoms with E-state index in [1.165, 1.54) is 4.68 Å². The lowest BCUT2D eigenvalue weighted by Gasteiger charge is -2.18. The molecule has 0 bridgehead atoms. The molecule has 4 rings (SSSR count). The number of carbonyl (C=O) groups excluding carboxylic acids is 1. The molecule has 0 spiro atoms. The molecule has 3 aromatic heterocycles. The van der Waals surface area contributed by atoms with Crippen molar-refractivity contribution in [3.05, 3.63) is 29.6 Å².